The average molecular weight is 214 g/mol. The van der Waals surface area contributed by atoms with Crippen molar-refractivity contribution >= 4 is 22.4 Å². The molecule has 2 N–H and O–H groups in total. The first kappa shape index (κ1) is 11.1. The summed E-state index contributed by atoms with van der Waals surface area (Å²) in [6.07, 6.45) is 0. The van der Waals surface area contributed by atoms with E-state index >= 15 is 0 Å². The summed E-state index contributed by atoms with van der Waals surface area (Å²) in [5.74, 6) is -0.100. The largest absolute Gasteiger partial charge is 0.304 e. The highest BCUT2D eigenvalue weighted by atomic mass is 32.1. The van der Waals surface area contributed by atoms with Crippen molar-refractivity contribution in [3.05, 3.63) is 5.51 Å². The van der Waals surface area contributed by atoms with E-state index in [1.165, 1.54) is 11.3 Å². The number of hydrogen-bond donors (Lipinski definition) is 2. The lowest BCUT2D eigenvalue weighted by atomic mass is 10.1. The molecule has 0 unspecified atom stereocenters. The first-order valence-corrected chi connectivity index (χ1v) is 5.16. The fourth-order valence-corrected chi connectivity index (χ4v) is 1.20. The van der Waals surface area contributed by atoms with Gasteiger partial charge in [-0.1, -0.05) is 11.3 Å². The molecule has 0 saturated carbocycles. The molecule has 0 saturated heterocycles. The molecule has 78 valence electrons. The highest BCUT2D eigenvalue weighted by Crippen LogP contribution is 2.07. The molecule has 5 nitrogen and oxygen atoms in total. The smallest absolute Gasteiger partial charge is 0.240 e. The molecule has 0 aliphatic heterocycles. The molecule has 1 rings (SSSR count). The van der Waals surface area contributed by atoms with Gasteiger partial charge in [0.05, 0.1) is 6.54 Å². The van der Waals surface area contributed by atoms with E-state index in [0.717, 1.165) is 0 Å². The molecule has 14 heavy (non-hydrogen) atoms. The van der Waals surface area contributed by atoms with E-state index in [1.807, 2.05) is 20.8 Å². The lowest BCUT2D eigenvalue weighted by Crippen LogP contribution is -2.41. The van der Waals surface area contributed by atoms with Crippen LogP contribution in [0.5, 0.6) is 0 Å². The third kappa shape index (κ3) is 4.29. The Hall–Kier alpha value is -1.01. The maximum atomic E-state index is 11.3. The molecule has 1 heterocycles. The van der Waals surface area contributed by atoms with Crippen LogP contribution in [-0.4, -0.2) is 28.2 Å². The van der Waals surface area contributed by atoms with Gasteiger partial charge >= 0.3 is 0 Å². The van der Waals surface area contributed by atoms with E-state index < -0.39 is 0 Å². The number of anilines is 1. The van der Waals surface area contributed by atoms with Crippen molar-refractivity contribution in [3.8, 4) is 0 Å². The van der Waals surface area contributed by atoms with Crippen molar-refractivity contribution in [2.45, 2.75) is 26.3 Å². The number of hydrogen-bond acceptors (Lipinski definition) is 5. The van der Waals surface area contributed by atoms with Crippen molar-refractivity contribution < 1.29 is 4.79 Å². The lowest BCUT2D eigenvalue weighted by Gasteiger charge is -2.19. The minimum Gasteiger partial charge on any atom is -0.304 e. The molecule has 0 radical (unpaired) electrons. The number of amides is 1. The van der Waals surface area contributed by atoms with Gasteiger partial charge in [-0.25, -0.2) is 0 Å². The first-order chi connectivity index (χ1) is 6.47. The van der Waals surface area contributed by atoms with Gasteiger partial charge in [0.15, 0.2) is 0 Å². The molecule has 1 aromatic heterocycles. The van der Waals surface area contributed by atoms with Crippen molar-refractivity contribution in [1.82, 2.24) is 15.5 Å². The quantitative estimate of drug-likeness (QED) is 0.783. The highest BCUT2D eigenvalue weighted by molar-refractivity contribution is 7.13. The maximum Gasteiger partial charge on any atom is 0.240 e. The number of aromatic nitrogens is 2. The van der Waals surface area contributed by atoms with Crippen molar-refractivity contribution in [1.29, 1.82) is 0 Å². The molecule has 0 aromatic carbocycles. The summed E-state index contributed by atoms with van der Waals surface area (Å²) in [6.45, 7) is 6.30. The summed E-state index contributed by atoms with van der Waals surface area (Å²) in [6, 6.07) is 0. The fourth-order valence-electron chi connectivity index (χ4n) is 0.736. The van der Waals surface area contributed by atoms with Crippen LogP contribution < -0.4 is 10.6 Å². The lowest BCUT2D eigenvalue weighted by molar-refractivity contribution is -0.115. The van der Waals surface area contributed by atoms with Gasteiger partial charge in [0.25, 0.3) is 0 Å². The van der Waals surface area contributed by atoms with Gasteiger partial charge < -0.3 is 5.32 Å². The Morgan fingerprint density at radius 1 is 1.57 bits per heavy atom. The van der Waals surface area contributed by atoms with Crippen LogP contribution in [0, 0.1) is 0 Å². The second kappa shape index (κ2) is 4.47. The number of carbonyl (C=O) groups excluding carboxylic acids is 1. The SMILES string of the molecule is CC(C)(C)NCC(=O)Nc1nncs1. The van der Waals surface area contributed by atoms with Gasteiger partial charge in [-0.3, -0.25) is 10.1 Å². The van der Waals surface area contributed by atoms with Gasteiger partial charge in [-0.15, -0.1) is 10.2 Å². The van der Waals surface area contributed by atoms with Crippen LogP contribution in [0.25, 0.3) is 0 Å². The maximum absolute atomic E-state index is 11.3. The molecule has 1 aromatic rings. The predicted octanol–water partition coefficient (Wildman–Crippen LogP) is 0.865. The Morgan fingerprint density at radius 2 is 2.29 bits per heavy atom. The van der Waals surface area contributed by atoms with Gasteiger partial charge in [0.2, 0.25) is 11.0 Å². The standard InChI is InChI=1S/C8H14N4OS/c1-8(2,3)9-4-6(13)11-7-12-10-5-14-7/h5,9H,4H2,1-3H3,(H,11,12,13). The fraction of sp³-hybridized carbons (Fsp3) is 0.625. The third-order valence-electron chi connectivity index (χ3n) is 1.39. The number of nitrogens with one attached hydrogen (secondary N) is 2. The molecule has 0 bridgehead atoms. The number of carbonyl (C=O) groups is 1. The Balaban J connectivity index is 2.30. The molecule has 0 fully saturated rings. The zero-order valence-corrected chi connectivity index (χ0v) is 9.31. The molecule has 0 aliphatic rings. The Kier molecular flexibility index (Phi) is 3.54. The van der Waals surface area contributed by atoms with Crippen molar-refractivity contribution in [2.24, 2.45) is 0 Å². The topological polar surface area (TPSA) is 66.9 Å². The second-order valence-electron chi connectivity index (χ2n) is 3.90. The summed E-state index contributed by atoms with van der Waals surface area (Å²) in [5, 5.41) is 13.6. The van der Waals surface area contributed by atoms with Crippen molar-refractivity contribution in [3.63, 3.8) is 0 Å². The van der Waals surface area contributed by atoms with Gasteiger partial charge in [0, 0.05) is 5.54 Å². The molecule has 6 heteroatoms. The van der Waals surface area contributed by atoms with Crippen LogP contribution in [0.4, 0.5) is 5.13 Å². The van der Waals surface area contributed by atoms with Crippen LogP contribution in [-0.2, 0) is 4.79 Å². The zero-order valence-electron chi connectivity index (χ0n) is 8.50. The molecular weight excluding hydrogens is 200 g/mol. The van der Waals surface area contributed by atoms with E-state index in [-0.39, 0.29) is 18.0 Å². The minimum atomic E-state index is -0.100. The second-order valence-corrected chi connectivity index (χ2v) is 4.73. The van der Waals surface area contributed by atoms with E-state index in [9.17, 15) is 4.79 Å². The highest BCUT2D eigenvalue weighted by Gasteiger charge is 2.11. The summed E-state index contributed by atoms with van der Waals surface area (Å²) < 4.78 is 0. The van der Waals surface area contributed by atoms with Gasteiger partial charge in [0.1, 0.15) is 5.51 Å². The Morgan fingerprint density at radius 3 is 2.79 bits per heavy atom. The molecule has 0 atom stereocenters. The molecule has 0 spiro atoms. The zero-order chi connectivity index (χ0) is 10.6. The molecule has 1 amide bonds. The van der Waals surface area contributed by atoms with E-state index in [0.29, 0.717) is 5.13 Å². The van der Waals surface area contributed by atoms with Gasteiger partial charge in [-0.05, 0) is 20.8 Å². The third-order valence-corrected chi connectivity index (χ3v) is 1.99. The predicted molar refractivity (Wildman–Crippen MR) is 56.3 cm³/mol. The number of rotatable bonds is 3. The van der Waals surface area contributed by atoms with Crippen LogP contribution in [0.3, 0.4) is 0 Å². The summed E-state index contributed by atoms with van der Waals surface area (Å²) >= 11 is 1.30. The van der Waals surface area contributed by atoms with Crippen LogP contribution >= 0.6 is 11.3 Å². The average Bonchev–Trinajstić information content (AvgIpc) is 2.52. The Labute approximate surface area is 86.9 Å². The summed E-state index contributed by atoms with van der Waals surface area (Å²) in [7, 11) is 0. The van der Waals surface area contributed by atoms with Crippen LogP contribution in [0.1, 0.15) is 20.8 Å². The van der Waals surface area contributed by atoms with E-state index in [2.05, 4.69) is 20.8 Å². The number of nitrogens with zero attached hydrogens (tertiary/aromatic N) is 2. The Bertz CT molecular complexity index is 291. The van der Waals surface area contributed by atoms with Crippen LogP contribution in [0.15, 0.2) is 5.51 Å². The first-order valence-electron chi connectivity index (χ1n) is 4.28. The van der Waals surface area contributed by atoms with Crippen molar-refractivity contribution in [2.75, 3.05) is 11.9 Å². The monoisotopic (exact) mass is 214 g/mol. The van der Waals surface area contributed by atoms with Crippen LogP contribution in [0.2, 0.25) is 0 Å². The van der Waals surface area contributed by atoms with Gasteiger partial charge in [-0.2, -0.15) is 0 Å². The summed E-state index contributed by atoms with van der Waals surface area (Å²) in [5.41, 5.74) is 1.52. The molecular formula is C8H14N4OS. The summed E-state index contributed by atoms with van der Waals surface area (Å²) in [4.78, 5) is 11.3. The minimum absolute atomic E-state index is 0.0571. The van der Waals surface area contributed by atoms with E-state index in [4.69, 9.17) is 0 Å². The van der Waals surface area contributed by atoms with E-state index in [1.54, 1.807) is 5.51 Å². The normalized spacial score (nSPS) is 11.4. The molecule has 0 aliphatic carbocycles.